The van der Waals surface area contributed by atoms with Crippen LogP contribution in [-0.4, -0.2) is 36.1 Å². The predicted molar refractivity (Wildman–Crippen MR) is 167 cm³/mol. The number of aryl methyl sites for hydroxylation is 1. The molecule has 41 heavy (non-hydrogen) atoms. The van der Waals surface area contributed by atoms with Gasteiger partial charge < -0.3 is 14.7 Å². The number of carbonyl (C=O) groups is 1. The minimum absolute atomic E-state index is 0.288. The van der Waals surface area contributed by atoms with Crippen LogP contribution in [0.3, 0.4) is 0 Å². The first kappa shape index (κ1) is 30.0. The van der Waals surface area contributed by atoms with Gasteiger partial charge in [0.25, 0.3) is 0 Å². The Morgan fingerprint density at radius 2 is 1.80 bits per heavy atom. The standard InChI is InChI=1S/C37H52NO3/c1-4-5-23-38(3)35(40)13-9-7-6-8-10-24-41-30-18-14-27(15-19-30)33-26-37(2)22-11-12-34(37)32-20-16-28-25-29(39)17-21-31(28)36(32)33/h14-15,17-19,21-22,25,32-34,36,39H,4-13,16,20,23-24,26H2,1-3H3/t32-,33+,34-,36+,37-/m0/s1. The molecule has 2 saturated carbocycles. The zero-order valence-electron chi connectivity index (χ0n) is 25.7. The summed E-state index contributed by atoms with van der Waals surface area (Å²) in [6, 6.07) is 15.1. The second-order valence-corrected chi connectivity index (χ2v) is 13.4. The fourth-order valence-corrected chi connectivity index (χ4v) is 8.39. The van der Waals surface area contributed by atoms with Crippen molar-refractivity contribution >= 4 is 5.91 Å². The number of phenols is 1. The summed E-state index contributed by atoms with van der Waals surface area (Å²) in [7, 11) is 1.93. The molecular formula is C37H52NO3. The molecule has 1 amide bonds. The molecule has 0 spiro atoms. The first-order valence-corrected chi connectivity index (χ1v) is 16.5. The molecule has 5 rings (SSSR count). The molecule has 0 unspecified atom stereocenters. The third-order valence-corrected chi connectivity index (χ3v) is 10.6. The summed E-state index contributed by atoms with van der Waals surface area (Å²) < 4.78 is 6.13. The fraction of sp³-hybridized carbons (Fsp3) is 0.622. The van der Waals surface area contributed by atoms with Crippen molar-refractivity contribution in [1.82, 2.24) is 4.90 Å². The Kier molecular flexibility index (Phi) is 9.99. The van der Waals surface area contributed by atoms with Crippen molar-refractivity contribution in [2.24, 2.45) is 17.3 Å². The van der Waals surface area contributed by atoms with Crippen molar-refractivity contribution in [2.75, 3.05) is 20.2 Å². The van der Waals surface area contributed by atoms with Gasteiger partial charge in [0.1, 0.15) is 11.5 Å². The maximum atomic E-state index is 12.2. The number of carbonyl (C=O) groups excluding carboxylic acids is 1. The highest BCUT2D eigenvalue weighted by Crippen LogP contribution is 2.64. The van der Waals surface area contributed by atoms with Crippen LogP contribution in [0.5, 0.6) is 11.5 Å². The largest absolute Gasteiger partial charge is 0.508 e. The van der Waals surface area contributed by atoms with E-state index in [2.05, 4.69) is 50.6 Å². The molecular weight excluding hydrogens is 506 g/mol. The van der Waals surface area contributed by atoms with Gasteiger partial charge in [0.05, 0.1) is 6.61 Å². The Bertz CT molecular complexity index is 1140. The van der Waals surface area contributed by atoms with E-state index >= 15 is 0 Å². The summed E-state index contributed by atoms with van der Waals surface area (Å²) in [6.07, 6.45) is 17.1. The van der Waals surface area contributed by atoms with E-state index in [0.717, 1.165) is 76.2 Å². The molecule has 5 atom stereocenters. The number of nitrogens with zero attached hydrogens (tertiary/aromatic N) is 1. The monoisotopic (exact) mass is 558 g/mol. The van der Waals surface area contributed by atoms with Crippen molar-refractivity contribution in [3.63, 3.8) is 0 Å². The summed E-state index contributed by atoms with van der Waals surface area (Å²) >= 11 is 0. The predicted octanol–water partition coefficient (Wildman–Crippen LogP) is 8.82. The van der Waals surface area contributed by atoms with E-state index < -0.39 is 0 Å². The van der Waals surface area contributed by atoms with E-state index in [1.165, 1.54) is 42.4 Å². The van der Waals surface area contributed by atoms with Crippen molar-refractivity contribution < 1.29 is 14.6 Å². The minimum atomic E-state index is 0.288. The van der Waals surface area contributed by atoms with Crippen LogP contribution >= 0.6 is 0 Å². The Labute approximate surface area is 248 Å². The van der Waals surface area contributed by atoms with Crippen LogP contribution in [0, 0.1) is 23.7 Å². The lowest BCUT2D eigenvalue weighted by molar-refractivity contribution is -0.130. The number of rotatable bonds is 13. The van der Waals surface area contributed by atoms with Crippen LogP contribution < -0.4 is 4.74 Å². The number of ether oxygens (including phenoxy) is 1. The molecule has 0 saturated heterocycles. The van der Waals surface area contributed by atoms with Gasteiger partial charge in [0.2, 0.25) is 5.91 Å². The van der Waals surface area contributed by atoms with Gasteiger partial charge in [-0.3, -0.25) is 4.79 Å². The van der Waals surface area contributed by atoms with Gasteiger partial charge in [0.15, 0.2) is 0 Å². The lowest BCUT2D eigenvalue weighted by Gasteiger charge is -2.53. The van der Waals surface area contributed by atoms with Crippen LogP contribution in [0.25, 0.3) is 0 Å². The van der Waals surface area contributed by atoms with E-state index in [9.17, 15) is 9.90 Å². The van der Waals surface area contributed by atoms with Crippen molar-refractivity contribution in [3.05, 3.63) is 65.6 Å². The summed E-state index contributed by atoms with van der Waals surface area (Å²) in [5.74, 6) is 4.17. The number of hydrogen-bond donors (Lipinski definition) is 1. The molecule has 3 aliphatic rings. The average molecular weight is 559 g/mol. The van der Waals surface area contributed by atoms with Crippen molar-refractivity contribution in [3.8, 4) is 11.5 Å². The van der Waals surface area contributed by atoms with Gasteiger partial charge in [-0.25, -0.2) is 0 Å². The van der Waals surface area contributed by atoms with Gasteiger partial charge in [-0.1, -0.05) is 57.7 Å². The zero-order chi connectivity index (χ0) is 28.8. The van der Waals surface area contributed by atoms with Crippen LogP contribution in [0.1, 0.15) is 119 Å². The number of unbranched alkanes of at least 4 members (excludes halogenated alkanes) is 5. The third-order valence-electron chi connectivity index (χ3n) is 10.6. The molecule has 3 aliphatic carbocycles. The van der Waals surface area contributed by atoms with Crippen LogP contribution in [0.2, 0.25) is 0 Å². The quantitative estimate of drug-likeness (QED) is 0.250. The van der Waals surface area contributed by atoms with E-state index in [4.69, 9.17) is 4.74 Å². The molecule has 0 bridgehead atoms. The highest BCUT2D eigenvalue weighted by Gasteiger charge is 2.54. The van der Waals surface area contributed by atoms with Gasteiger partial charge in [-0.05, 0) is 128 Å². The normalized spacial score (nSPS) is 26.6. The summed E-state index contributed by atoms with van der Waals surface area (Å²) in [5, 5.41) is 10.2. The molecule has 0 aliphatic heterocycles. The van der Waals surface area contributed by atoms with Gasteiger partial charge >= 0.3 is 0 Å². The Morgan fingerprint density at radius 3 is 2.61 bits per heavy atom. The summed E-state index contributed by atoms with van der Waals surface area (Å²) in [4.78, 5) is 14.0. The van der Waals surface area contributed by atoms with Gasteiger partial charge in [0, 0.05) is 20.0 Å². The highest BCUT2D eigenvalue weighted by atomic mass is 16.5. The summed E-state index contributed by atoms with van der Waals surface area (Å²) in [5.41, 5.74) is 4.59. The molecule has 4 heteroatoms. The first-order valence-electron chi connectivity index (χ1n) is 16.5. The van der Waals surface area contributed by atoms with Crippen LogP contribution in [-0.2, 0) is 11.2 Å². The van der Waals surface area contributed by atoms with Gasteiger partial charge in [-0.2, -0.15) is 0 Å². The minimum Gasteiger partial charge on any atom is -0.508 e. The zero-order valence-corrected chi connectivity index (χ0v) is 25.7. The molecule has 2 aromatic rings. The number of hydrogen-bond acceptors (Lipinski definition) is 3. The molecule has 1 N–H and O–H groups in total. The third kappa shape index (κ3) is 6.95. The first-order chi connectivity index (χ1) is 19.9. The van der Waals surface area contributed by atoms with E-state index in [1.807, 2.05) is 24.1 Å². The fourth-order valence-electron chi connectivity index (χ4n) is 8.39. The lowest BCUT2D eigenvalue weighted by Crippen LogP contribution is -2.43. The Balaban J connectivity index is 1.12. The van der Waals surface area contributed by atoms with E-state index in [0.29, 0.717) is 35.3 Å². The molecule has 2 aromatic carbocycles. The van der Waals surface area contributed by atoms with Crippen LogP contribution in [0.4, 0.5) is 0 Å². The highest BCUT2D eigenvalue weighted by molar-refractivity contribution is 5.75. The number of fused-ring (bicyclic) bond motifs is 5. The number of phenolic OH excluding ortho intramolecular Hbond substituents is 1. The lowest BCUT2D eigenvalue weighted by atomic mass is 9.51. The second-order valence-electron chi connectivity index (χ2n) is 13.4. The topological polar surface area (TPSA) is 49.8 Å². The Morgan fingerprint density at radius 1 is 1.02 bits per heavy atom. The van der Waals surface area contributed by atoms with Gasteiger partial charge in [-0.15, -0.1) is 0 Å². The summed E-state index contributed by atoms with van der Waals surface area (Å²) in [6.45, 7) is 6.31. The maximum Gasteiger partial charge on any atom is 0.222 e. The molecule has 0 heterocycles. The average Bonchev–Trinajstić information content (AvgIpc) is 3.38. The van der Waals surface area contributed by atoms with Crippen molar-refractivity contribution in [1.29, 1.82) is 0 Å². The SMILES string of the molecule is CCCCN(C)C(=O)CCCCCCCOc1ccc([C@H]2C[C@]3(C)[CH]CC[C@H]3[C@@H]3CCc4cc(O)ccc4[C@H]32)cc1. The van der Waals surface area contributed by atoms with Crippen LogP contribution in [0.15, 0.2) is 42.5 Å². The number of amides is 1. The molecule has 4 nitrogen and oxygen atoms in total. The molecule has 1 radical (unpaired) electrons. The second kappa shape index (κ2) is 13.7. The molecule has 0 aromatic heterocycles. The molecule has 223 valence electrons. The van der Waals surface area contributed by atoms with E-state index in [1.54, 1.807) is 0 Å². The Hall–Kier alpha value is -2.49. The van der Waals surface area contributed by atoms with E-state index in [-0.39, 0.29) is 5.91 Å². The maximum absolute atomic E-state index is 12.2. The van der Waals surface area contributed by atoms with Crippen molar-refractivity contribution in [2.45, 2.75) is 109 Å². The smallest absolute Gasteiger partial charge is 0.222 e. The number of aromatic hydroxyl groups is 1. The molecule has 2 fully saturated rings. The number of benzene rings is 2.